The Labute approximate surface area is 176 Å². The van der Waals surface area contributed by atoms with Gasteiger partial charge < -0.3 is 4.90 Å². The molecule has 1 aliphatic rings. The minimum absolute atomic E-state index is 0.00957. The second-order valence-corrected chi connectivity index (χ2v) is 8.02. The van der Waals surface area contributed by atoms with Crippen molar-refractivity contribution >= 4 is 22.6 Å². The Bertz CT molecular complexity index is 1260. The summed E-state index contributed by atoms with van der Waals surface area (Å²) in [4.78, 5) is 20.8. The van der Waals surface area contributed by atoms with Crippen LogP contribution in [0.1, 0.15) is 35.0 Å². The van der Waals surface area contributed by atoms with Gasteiger partial charge in [-0.05, 0) is 44.4 Å². The average Bonchev–Trinajstić information content (AvgIpc) is 3.07. The predicted molar refractivity (Wildman–Crippen MR) is 120 cm³/mol. The van der Waals surface area contributed by atoms with E-state index in [0.29, 0.717) is 5.56 Å². The monoisotopic (exact) mass is 396 g/mol. The van der Waals surface area contributed by atoms with E-state index in [4.69, 9.17) is 4.98 Å². The molecule has 4 aromatic rings. The van der Waals surface area contributed by atoms with Crippen LogP contribution >= 0.6 is 0 Å². The highest BCUT2D eigenvalue weighted by Gasteiger charge is 2.31. The lowest BCUT2D eigenvalue weighted by Gasteiger charge is -2.35. The Morgan fingerprint density at radius 1 is 1.07 bits per heavy atom. The number of hydrogen-bond donors (Lipinski definition) is 0. The molecule has 5 nitrogen and oxygen atoms in total. The van der Waals surface area contributed by atoms with Crippen molar-refractivity contribution in [2.45, 2.75) is 32.7 Å². The Balaban J connectivity index is 1.73. The van der Waals surface area contributed by atoms with Crippen LogP contribution in [0.15, 0.2) is 60.7 Å². The number of amides is 1. The molecule has 1 atom stereocenters. The van der Waals surface area contributed by atoms with Crippen molar-refractivity contribution in [3.8, 4) is 11.3 Å². The van der Waals surface area contributed by atoms with Gasteiger partial charge in [0.1, 0.15) is 0 Å². The van der Waals surface area contributed by atoms with Gasteiger partial charge in [0.15, 0.2) is 5.65 Å². The second kappa shape index (κ2) is 7.10. The van der Waals surface area contributed by atoms with Crippen molar-refractivity contribution in [1.29, 1.82) is 0 Å². The van der Waals surface area contributed by atoms with Crippen LogP contribution in [0.25, 0.3) is 22.3 Å². The van der Waals surface area contributed by atoms with E-state index in [-0.39, 0.29) is 11.9 Å². The normalized spacial score (nSPS) is 16.0. The third-order valence-electron chi connectivity index (χ3n) is 6.01. The van der Waals surface area contributed by atoms with Crippen LogP contribution in [0.2, 0.25) is 0 Å². The maximum atomic E-state index is 14.0. The number of nitrogens with zero attached hydrogens (tertiary/aromatic N) is 4. The summed E-state index contributed by atoms with van der Waals surface area (Å²) >= 11 is 0. The SMILES string of the molecule is Cc1nn(C)c2nc(-c3ccccc3)cc(C(=O)N3c4ccccc4CCC3C)c12. The highest BCUT2D eigenvalue weighted by atomic mass is 16.2. The fourth-order valence-electron chi connectivity index (χ4n) is 4.50. The Hall–Kier alpha value is -3.47. The first-order valence-corrected chi connectivity index (χ1v) is 10.4. The number of hydrogen-bond acceptors (Lipinski definition) is 3. The molecule has 0 saturated carbocycles. The summed E-state index contributed by atoms with van der Waals surface area (Å²) in [5, 5.41) is 5.39. The standard InChI is InChI=1S/C25H24N4O/c1-16-13-14-19-11-7-8-12-22(19)29(16)25(30)20-15-21(18-9-5-4-6-10-18)26-24-23(20)17(2)27-28(24)3/h4-12,15-16H,13-14H2,1-3H3. The van der Waals surface area contributed by atoms with Crippen molar-refractivity contribution in [3.05, 3.63) is 77.5 Å². The molecule has 1 amide bonds. The van der Waals surface area contributed by atoms with E-state index >= 15 is 0 Å². The number of para-hydroxylation sites is 1. The molecule has 0 saturated heterocycles. The second-order valence-electron chi connectivity index (χ2n) is 8.02. The van der Waals surface area contributed by atoms with Crippen LogP contribution in [0.3, 0.4) is 0 Å². The van der Waals surface area contributed by atoms with Gasteiger partial charge in [0.2, 0.25) is 0 Å². The van der Waals surface area contributed by atoms with Gasteiger partial charge in [-0.1, -0.05) is 48.5 Å². The van der Waals surface area contributed by atoms with Crippen molar-refractivity contribution in [3.63, 3.8) is 0 Å². The van der Waals surface area contributed by atoms with Crippen molar-refractivity contribution < 1.29 is 4.79 Å². The molecule has 5 rings (SSSR count). The molecule has 0 fully saturated rings. The van der Waals surface area contributed by atoms with E-state index in [1.165, 1.54) is 5.56 Å². The van der Waals surface area contributed by atoms with Gasteiger partial charge in [-0.15, -0.1) is 0 Å². The quantitative estimate of drug-likeness (QED) is 0.483. The summed E-state index contributed by atoms with van der Waals surface area (Å²) in [6.45, 7) is 4.07. The first-order chi connectivity index (χ1) is 14.5. The molecule has 0 N–H and O–H groups in total. The number of fused-ring (bicyclic) bond motifs is 2. The Morgan fingerprint density at radius 3 is 2.60 bits per heavy atom. The van der Waals surface area contributed by atoms with Gasteiger partial charge in [0.05, 0.1) is 22.3 Å². The van der Waals surface area contributed by atoms with Gasteiger partial charge in [-0.3, -0.25) is 9.48 Å². The number of carbonyl (C=O) groups is 1. The zero-order chi connectivity index (χ0) is 20.8. The fraction of sp³-hybridized carbons (Fsp3) is 0.240. The van der Waals surface area contributed by atoms with E-state index < -0.39 is 0 Å². The Kier molecular flexibility index (Phi) is 4.39. The van der Waals surface area contributed by atoms with Crippen LogP contribution in [0.4, 0.5) is 5.69 Å². The fourth-order valence-corrected chi connectivity index (χ4v) is 4.50. The molecular formula is C25H24N4O. The molecule has 2 aromatic heterocycles. The predicted octanol–water partition coefficient (Wildman–Crippen LogP) is 4.93. The molecule has 1 aliphatic heterocycles. The van der Waals surface area contributed by atoms with Crippen LogP contribution in [-0.2, 0) is 13.5 Å². The first kappa shape index (κ1) is 18.6. The molecule has 30 heavy (non-hydrogen) atoms. The van der Waals surface area contributed by atoms with Crippen LogP contribution < -0.4 is 4.90 Å². The third-order valence-corrected chi connectivity index (χ3v) is 6.01. The lowest BCUT2D eigenvalue weighted by atomic mass is 9.95. The van der Waals surface area contributed by atoms with Gasteiger partial charge in [-0.2, -0.15) is 5.10 Å². The van der Waals surface area contributed by atoms with E-state index in [1.807, 2.05) is 67.4 Å². The van der Waals surface area contributed by atoms with Crippen LogP contribution in [0, 0.1) is 6.92 Å². The first-order valence-electron chi connectivity index (χ1n) is 10.4. The average molecular weight is 396 g/mol. The highest BCUT2D eigenvalue weighted by Crippen LogP contribution is 2.34. The molecule has 0 aliphatic carbocycles. The van der Waals surface area contributed by atoms with Crippen molar-refractivity contribution in [2.24, 2.45) is 7.05 Å². The smallest absolute Gasteiger partial charge is 0.259 e. The van der Waals surface area contributed by atoms with Crippen LogP contribution in [0.5, 0.6) is 0 Å². The molecule has 2 aromatic carbocycles. The number of aryl methyl sites for hydroxylation is 3. The number of benzene rings is 2. The minimum atomic E-state index is 0.00957. The number of pyridine rings is 1. The molecule has 150 valence electrons. The van der Waals surface area contributed by atoms with Crippen LogP contribution in [-0.4, -0.2) is 26.7 Å². The maximum absolute atomic E-state index is 14.0. The summed E-state index contributed by atoms with van der Waals surface area (Å²) < 4.78 is 1.77. The minimum Gasteiger partial charge on any atom is -0.305 e. The molecule has 0 bridgehead atoms. The third kappa shape index (κ3) is 2.89. The molecule has 1 unspecified atom stereocenters. The summed E-state index contributed by atoms with van der Waals surface area (Å²) in [5.74, 6) is 0.00957. The van der Waals surface area contributed by atoms with Crippen molar-refractivity contribution in [2.75, 3.05) is 4.90 Å². The van der Waals surface area contributed by atoms with E-state index in [0.717, 1.165) is 46.5 Å². The van der Waals surface area contributed by atoms with Gasteiger partial charge in [0, 0.05) is 24.3 Å². The Morgan fingerprint density at radius 2 is 1.80 bits per heavy atom. The summed E-state index contributed by atoms with van der Waals surface area (Å²) in [7, 11) is 1.88. The lowest BCUT2D eigenvalue weighted by Crippen LogP contribution is -2.42. The topological polar surface area (TPSA) is 51.0 Å². The van der Waals surface area contributed by atoms with E-state index in [1.54, 1.807) is 4.68 Å². The molecule has 5 heteroatoms. The van der Waals surface area contributed by atoms with Crippen molar-refractivity contribution in [1.82, 2.24) is 14.8 Å². The molecule has 3 heterocycles. The van der Waals surface area contributed by atoms with Gasteiger partial charge in [-0.25, -0.2) is 4.98 Å². The molecule has 0 spiro atoms. The maximum Gasteiger partial charge on any atom is 0.259 e. The van der Waals surface area contributed by atoms with Gasteiger partial charge >= 0.3 is 0 Å². The summed E-state index contributed by atoms with van der Waals surface area (Å²) in [6.07, 6.45) is 1.95. The highest BCUT2D eigenvalue weighted by molar-refractivity contribution is 6.15. The number of aromatic nitrogens is 3. The molecular weight excluding hydrogens is 372 g/mol. The summed E-state index contributed by atoms with van der Waals surface area (Å²) in [5.41, 5.74) is 6.21. The lowest BCUT2D eigenvalue weighted by molar-refractivity contribution is 0.0976. The number of carbonyl (C=O) groups excluding carboxylic acids is 1. The largest absolute Gasteiger partial charge is 0.305 e. The van der Waals surface area contributed by atoms with E-state index in [2.05, 4.69) is 24.2 Å². The zero-order valence-corrected chi connectivity index (χ0v) is 17.5. The van der Waals surface area contributed by atoms with E-state index in [9.17, 15) is 4.79 Å². The zero-order valence-electron chi connectivity index (χ0n) is 17.5. The summed E-state index contributed by atoms with van der Waals surface area (Å²) in [6, 6.07) is 20.3. The van der Waals surface area contributed by atoms with Gasteiger partial charge in [0.25, 0.3) is 5.91 Å². The number of rotatable bonds is 2. The number of anilines is 1. The molecule has 0 radical (unpaired) electrons.